The van der Waals surface area contributed by atoms with Gasteiger partial charge in [0.1, 0.15) is 6.10 Å². The molecule has 1 heterocycles. The smallest absolute Gasteiger partial charge is 0.338 e. The van der Waals surface area contributed by atoms with E-state index in [4.69, 9.17) is 18.9 Å². The maximum atomic E-state index is 12.7. The van der Waals surface area contributed by atoms with E-state index in [0.717, 1.165) is 0 Å². The summed E-state index contributed by atoms with van der Waals surface area (Å²) in [4.78, 5) is 25.2. The molecule has 8 heteroatoms. The van der Waals surface area contributed by atoms with Crippen molar-refractivity contribution in [1.82, 2.24) is 5.32 Å². The van der Waals surface area contributed by atoms with Crippen LogP contribution in [-0.4, -0.2) is 56.9 Å². The molecule has 1 aliphatic heterocycles. The van der Waals surface area contributed by atoms with Crippen LogP contribution in [0.3, 0.4) is 0 Å². The highest BCUT2D eigenvalue weighted by Gasteiger charge is 2.33. The molecule has 0 unspecified atom stereocenters. The van der Waals surface area contributed by atoms with E-state index in [1.165, 1.54) is 21.3 Å². The zero-order valence-corrected chi connectivity index (χ0v) is 17.3. The summed E-state index contributed by atoms with van der Waals surface area (Å²) in [6.07, 6.45) is -0.431. The van der Waals surface area contributed by atoms with Gasteiger partial charge in [-0.05, 0) is 24.3 Å². The molecule has 0 bridgehead atoms. The monoisotopic (exact) mass is 417 g/mol. The highest BCUT2D eigenvalue weighted by molar-refractivity contribution is 7.99. The summed E-state index contributed by atoms with van der Waals surface area (Å²) in [5.41, 5.74) is 0.851. The predicted molar refractivity (Wildman–Crippen MR) is 110 cm³/mol. The number of esters is 1. The number of hydrogen-bond donors (Lipinski definition) is 1. The number of benzene rings is 2. The Morgan fingerprint density at radius 3 is 2.17 bits per heavy atom. The first kappa shape index (κ1) is 20.9. The Bertz CT molecular complexity index is 848. The number of nitrogens with one attached hydrogen (secondary N) is 1. The van der Waals surface area contributed by atoms with Crippen LogP contribution in [0.25, 0.3) is 0 Å². The summed E-state index contributed by atoms with van der Waals surface area (Å²) in [7, 11) is 4.46. The minimum atomic E-state index is -0.518. The predicted octanol–water partition coefficient (Wildman–Crippen LogP) is 2.78. The van der Waals surface area contributed by atoms with Crippen molar-refractivity contribution in [3.63, 3.8) is 0 Å². The molecular formula is C21H23NO6S. The van der Waals surface area contributed by atoms with Gasteiger partial charge in [0.2, 0.25) is 5.75 Å². The fourth-order valence-corrected chi connectivity index (χ4v) is 4.25. The number of carbonyl (C=O) groups is 2. The Morgan fingerprint density at radius 1 is 0.931 bits per heavy atom. The van der Waals surface area contributed by atoms with Crippen LogP contribution in [0, 0.1) is 0 Å². The molecule has 1 aliphatic rings. The summed E-state index contributed by atoms with van der Waals surface area (Å²) in [6.45, 7) is 0. The molecule has 0 aromatic heterocycles. The summed E-state index contributed by atoms with van der Waals surface area (Å²) in [5.74, 6) is 1.71. The highest BCUT2D eigenvalue weighted by atomic mass is 32.2. The number of rotatable bonds is 7. The van der Waals surface area contributed by atoms with Gasteiger partial charge in [0.15, 0.2) is 11.5 Å². The molecular weight excluding hydrogens is 394 g/mol. The van der Waals surface area contributed by atoms with Gasteiger partial charge in [-0.2, -0.15) is 11.8 Å². The largest absolute Gasteiger partial charge is 0.493 e. The van der Waals surface area contributed by atoms with Crippen LogP contribution >= 0.6 is 11.8 Å². The lowest BCUT2D eigenvalue weighted by atomic mass is 10.1. The van der Waals surface area contributed by atoms with Crippen molar-refractivity contribution in [3.8, 4) is 17.2 Å². The Balaban J connectivity index is 1.72. The van der Waals surface area contributed by atoms with Crippen LogP contribution in [0.4, 0.5) is 0 Å². The molecule has 2 atom stereocenters. The number of amides is 1. The van der Waals surface area contributed by atoms with Crippen LogP contribution in [0.2, 0.25) is 0 Å². The van der Waals surface area contributed by atoms with Crippen molar-refractivity contribution in [1.29, 1.82) is 0 Å². The SMILES string of the molecule is COc1cc(C(=O)O[C@@H]2CSC[C@H]2NC(=O)c2ccccc2)cc(OC)c1OC. The molecule has 154 valence electrons. The zero-order valence-electron chi connectivity index (χ0n) is 16.5. The standard InChI is InChI=1S/C21H23NO6S/c1-25-16-9-14(10-17(26-2)19(16)27-3)21(24)28-18-12-29-11-15(18)22-20(23)13-7-5-4-6-8-13/h4-10,15,18H,11-12H2,1-3H3,(H,22,23)/t15-,18-/m1/s1. The minimum Gasteiger partial charge on any atom is -0.493 e. The maximum absolute atomic E-state index is 12.7. The van der Waals surface area contributed by atoms with Gasteiger partial charge < -0.3 is 24.3 Å². The average molecular weight is 417 g/mol. The molecule has 0 radical (unpaired) electrons. The van der Waals surface area contributed by atoms with Gasteiger partial charge in [0.25, 0.3) is 5.91 Å². The fraction of sp³-hybridized carbons (Fsp3) is 0.333. The Kier molecular flexibility index (Phi) is 6.87. The van der Waals surface area contributed by atoms with Crippen LogP contribution in [0.15, 0.2) is 42.5 Å². The zero-order chi connectivity index (χ0) is 20.8. The molecule has 2 aromatic rings. The second-order valence-electron chi connectivity index (χ2n) is 6.34. The third-order valence-electron chi connectivity index (χ3n) is 4.54. The molecule has 1 fully saturated rings. The lowest BCUT2D eigenvalue weighted by Gasteiger charge is -2.21. The van der Waals surface area contributed by atoms with E-state index < -0.39 is 12.1 Å². The summed E-state index contributed by atoms with van der Waals surface area (Å²) >= 11 is 1.62. The van der Waals surface area contributed by atoms with Crippen LogP contribution in [-0.2, 0) is 4.74 Å². The van der Waals surface area contributed by atoms with E-state index in [0.29, 0.717) is 34.3 Å². The van der Waals surface area contributed by atoms with Gasteiger partial charge in [-0.3, -0.25) is 4.79 Å². The second-order valence-corrected chi connectivity index (χ2v) is 7.42. The Hall–Kier alpha value is -2.87. The second kappa shape index (κ2) is 9.56. The molecule has 0 aliphatic carbocycles. The van der Waals surface area contributed by atoms with Crippen molar-refractivity contribution >= 4 is 23.6 Å². The van der Waals surface area contributed by atoms with Gasteiger partial charge in [-0.15, -0.1) is 0 Å². The van der Waals surface area contributed by atoms with Gasteiger partial charge in [-0.1, -0.05) is 18.2 Å². The number of ether oxygens (including phenoxy) is 4. The molecule has 0 saturated carbocycles. The van der Waals surface area contributed by atoms with E-state index in [-0.39, 0.29) is 17.5 Å². The summed E-state index contributed by atoms with van der Waals surface area (Å²) in [6, 6.07) is 11.8. The maximum Gasteiger partial charge on any atom is 0.338 e. The lowest BCUT2D eigenvalue weighted by molar-refractivity contribution is 0.0292. The Morgan fingerprint density at radius 2 is 1.59 bits per heavy atom. The summed E-state index contributed by atoms with van der Waals surface area (Å²) < 4.78 is 21.5. The van der Waals surface area contributed by atoms with Crippen LogP contribution in [0.5, 0.6) is 17.2 Å². The first-order valence-electron chi connectivity index (χ1n) is 9.02. The molecule has 2 aromatic carbocycles. The van der Waals surface area contributed by atoms with Crippen molar-refractivity contribution in [2.45, 2.75) is 12.1 Å². The average Bonchev–Trinajstić information content (AvgIpc) is 3.19. The van der Waals surface area contributed by atoms with Gasteiger partial charge in [0, 0.05) is 17.1 Å². The minimum absolute atomic E-state index is 0.188. The third-order valence-corrected chi connectivity index (χ3v) is 5.70. The van der Waals surface area contributed by atoms with E-state index in [1.54, 1.807) is 48.2 Å². The van der Waals surface area contributed by atoms with Gasteiger partial charge in [-0.25, -0.2) is 4.79 Å². The van der Waals surface area contributed by atoms with Gasteiger partial charge in [0.05, 0.1) is 32.9 Å². The molecule has 3 rings (SSSR count). The number of hydrogen-bond acceptors (Lipinski definition) is 7. The molecule has 1 N–H and O–H groups in total. The van der Waals surface area contributed by atoms with Crippen LogP contribution in [0.1, 0.15) is 20.7 Å². The molecule has 0 spiro atoms. The van der Waals surface area contributed by atoms with Crippen LogP contribution < -0.4 is 19.5 Å². The van der Waals surface area contributed by atoms with E-state index in [2.05, 4.69) is 5.32 Å². The highest BCUT2D eigenvalue weighted by Crippen LogP contribution is 2.38. The van der Waals surface area contributed by atoms with Gasteiger partial charge >= 0.3 is 5.97 Å². The molecule has 1 amide bonds. The van der Waals surface area contributed by atoms with Crippen molar-refractivity contribution in [3.05, 3.63) is 53.6 Å². The molecule has 1 saturated heterocycles. The van der Waals surface area contributed by atoms with Crippen molar-refractivity contribution < 1.29 is 28.5 Å². The lowest BCUT2D eigenvalue weighted by Crippen LogP contribution is -2.44. The number of methoxy groups -OCH3 is 3. The van der Waals surface area contributed by atoms with E-state index in [9.17, 15) is 9.59 Å². The number of thioether (sulfide) groups is 1. The topological polar surface area (TPSA) is 83.1 Å². The fourth-order valence-electron chi connectivity index (χ4n) is 3.03. The molecule has 29 heavy (non-hydrogen) atoms. The summed E-state index contributed by atoms with van der Waals surface area (Å²) in [5, 5.41) is 2.96. The molecule has 7 nitrogen and oxygen atoms in total. The number of carbonyl (C=O) groups excluding carboxylic acids is 2. The quantitative estimate of drug-likeness (QED) is 0.694. The first-order valence-corrected chi connectivity index (χ1v) is 10.2. The van der Waals surface area contributed by atoms with E-state index >= 15 is 0 Å². The van der Waals surface area contributed by atoms with E-state index in [1.807, 2.05) is 6.07 Å². The third kappa shape index (κ3) is 4.76. The van der Waals surface area contributed by atoms with Crippen molar-refractivity contribution in [2.24, 2.45) is 0 Å². The first-order chi connectivity index (χ1) is 14.1. The Labute approximate surface area is 173 Å². The normalized spacial score (nSPS) is 18.0. The van der Waals surface area contributed by atoms with Crippen molar-refractivity contribution in [2.75, 3.05) is 32.8 Å².